The Bertz CT molecular complexity index is 831. The maximum atomic E-state index is 13.3. The molecule has 4 nitrogen and oxygen atoms in total. The van der Waals surface area contributed by atoms with E-state index in [9.17, 15) is 9.59 Å². The average Bonchev–Trinajstić information content (AvgIpc) is 3.15. The zero-order chi connectivity index (χ0) is 20.3. The van der Waals surface area contributed by atoms with E-state index in [-0.39, 0.29) is 24.4 Å². The molecule has 1 aromatic carbocycles. The molecule has 0 N–H and O–H groups in total. The molecule has 0 saturated heterocycles. The van der Waals surface area contributed by atoms with E-state index in [2.05, 4.69) is 42.6 Å². The summed E-state index contributed by atoms with van der Waals surface area (Å²) >= 11 is 7.76. The minimum absolute atomic E-state index is 0.0264. The molecule has 3 rings (SSSR count). The van der Waals surface area contributed by atoms with Crippen molar-refractivity contribution >= 4 is 34.8 Å². The highest BCUT2D eigenvalue weighted by atomic mass is 35.5. The Morgan fingerprint density at radius 3 is 2.64 bits per heavy atom. The molecule has 2 aromatic rings. The van der Waals surface area contributed by atoms with Gasteiger partial charge in [0.05, 0.1) is 12.6 Å². The van der Waals surface area contributed by atoms with Crippen molar-refractivity contribution in [1.29, 1.82) is 0 Å². The fourth-order valence-corrected chi connectivity index (χ4v) is 4.78. The zero-order valence-corrected chi connectivity index (χ0v) is 18.2. The van der Waals surface area contributed by atoms with E-state index < -0.39 is 5.38 Å². The molecule has 2 atom stereocenters. The third kappa shape index (κ3) is 4.41. The summed E-state index contributed by atoms with van der Waals surface area (Å²) in [5, 5.41) is 1.47. The largest absolute Gasteiger partial charge is 0.332 e. The number of hydrogen-bond donors (Lipinski definition) is 0. The number of rotatable bonds is 6. The Morgan fingerprint density at radius 1 is 1.29 bits per heavy atom. The second-order valence-electron chi connectivity index (χ2n) is 7.33. The van der Waals surface area contributed by atoms with Gasteiger partial charge in [0.15, 0.2) is 0 Å². The molecule has 2 amide bonds. The van der Waals surface area contributed by atoms with Crippen LogP contribution in [0.5, 0.6) is 0 Å². The molecule has 28 heavy (non-hydrogen) atoms. The Morgan fingerprint density at radius 2 is 2.00 bits per heavy atom. The molecular weight excluding hydrogens is 392 g/mol. The first kappa shape index (κ1) is 20.9. The number of fused-ring (bicyclic) bond motifs is 1. The molecule has 0 saturated carbocycles. The van der Waals surface area contributed by atoms with E-state index in [1.54, 1.807) is 23.2 Å². The van der Waals surface area contributed by atoms with Gasteiger partial charge in [-0.15, -0.1) is 22.9 Å². The van der Waals surface area contributed by atoms with Crippen molar-refractivity contribution in [3.8, 4) is 0 Å². The number of carbonyl (C=O) groups is 2. The lowest BCUT2D eigenvalue weighted by Gasteiger charge is -2.37. The second kappa shape index (κ2) is 9.10. The van der Waals surface area contributed by atoms with Gasteiger partial charge in [0.25, 0.3) is 0 Å². The average molecular weight is 419 g/mol. The molecular formula is C22H27ClN2O2S. The van der Waals surface area contributed by atoms with Crippen LogP contribution < -0.4 is 0 Å². The number of aryl methyl sites for hydroxylation is 1. The molecule has 1 aliphatic rings. The maximum absolute atomic E-state index is 13.3. The van der Waals surface area contributed by atoms with Gasteiger partial charge in [-0.1, -0.05) is 36.8 Å². The summed E-state index contributed by atoms with van der Waals surface area (Å²) in [6.45, 7) is 6.99. The van der Waals surface area contributed by atoms with E-state index in [0.29, 0.717) is 13.1 Å². The fourth-order valence-electron chi connectivity index (χ4n) is 3.74. The monoisotopic (exact) mass is 418 g/mol. The number of halogens is 1. The van der Waals surface area contributed by atoms with E-state index >= 15 is 0 Å². The molecule has 2 heterocycles. The van der Waals surface area contributed by atoms with Crippen molar-refractivity contribution < 1.29 is 9.59 Å². The highest BCUT2D eigenvalue weighted by molar-refractivity contribution is 7.10. The summed E-state index contributed by atoms with van der Waals surface area (Å²) in [6, 6.07) is 10.4. The summed E-state index contributed by atoms with van der Waals surface area (Å²) in [5.74, 6) is -0.210. The number of amides is 2. The number of benzene rings is 1. The Hall–Kier alpha value is -1.85. The van der Waals surface area contributed by atoms with Crippen LogP contribution in [0.1, 0.15) is 47.9 Å². The third-order valence-corrected chi connectivity index (χ3v) is 6.33. The lowest BCUT2D eigenvalue weighted by atomic mass is 9.92. The molecule has 150 valence electrons. The summed E-state index contributed by atoms with van der Waals surface area (Å²) < 4.78 is 0. The van der Waals surface area contributed by atoms with Crippen LogP contribution in [0.2, 0.25) is 0 Å². The first-order valence-corrected chi connectivity index (χ1v) is 11.1. The number of hydrogen-bond acceptors (Lipinski definition) is 3. The number of thiophene rings is 1. The summed E-state index contributed by atoms with van der Waals surface area (Å²) in [7, 11) is 0. The van der Waals surface area contributed by atoms with Crippen molar-refractivity contribution in [3.63, 3.8) is 0 Å². The smallest absolute Gasteiger partial charge is 0.242 e. The zero-order valence-electron chi connectivity index (χ0n) is 16.7. The summed E-state index contributed by atoms with van der Waals surface area (Å²) in [6.07, 6.45) is 1.65. The van der Waals surface area contributed by atoms with Crippen LogP contribution in [-0.2, 0) is 16.0 Å². The van der Waals surface area contributed by atoms with Gasteiger partial charge in [-0.2, -0.15) is 0 Å². The Labute approximate surface area is 176 Å². The molecule has 0 fully saturated rings. The van der Waals surface area contributed by atoms with E-state index in [0.717, 1.165) is 18.4 Å². The highest BCUT2D eigenvalue weighted by Crippen LogP contribution is 2.38. The number of nitrogens with zero attached hydrogens (tertiary/aromatic N) is 2. The molecule has 0 unspecified atom stereocenters. The van der Waals surface area contributed by atoms with Crippen LogP contribution in [0.3, 0.4) is 0 Å². The van der Waals surface area contributed by atoms with Crippen molar-refractivity contribution in [2.75, 3.05) is 19.6 Å². The minimum Gasteiger partial charge on any atom is -0.332 e. The summed E-state index contributed by atoms with van der Waals surface area (Å²) in [5.41, 5.74) is 3.50. The van der Waals surface area contributed by atoms with Crippen LogP contribution >= 0.6 is 22.9 Å². The van der Waals surface area contributed by atoms with E-state index in [1.165, 1.54) is 16.0 Å². The standard InChI is InChI=1S/C22H27ClN2O2S/c1-4-11-24(22(27)16(3)23)14-20(26)25-12-9-19-18(10-13-28-19)21(25)17-7-5-15(2)6-8-17/h5-8,10,13,16,21H,4,9,11-12,14H2,1-3H3/t16-,21-/m0/s1. The predicted octanol–water partition coefficient (Wildman–Crippen LogP) is 4.40. The molecule has 0 spiro atoms. The molecule has 1 aliphatic heterocycles. The van der Waals surface area contributed by atoms with E-state index in [1.807, 2.05) is 11.8 Å². The van der Waals surface area contributed by atoms with Gasteiger partial charge < -0.3 is 9.80 Å². The first-order valence-electron chi connectivity index (χ1n) is 9.77. The lowest BCUT2D eigenvalue weighted by Crippen LogP contribution is -2.48. The van der Waals surface area contributed by atoms with Gasteiger partial charge in [0.2, 0.25) is 11.8 Å². The van der Waals surface area contributed by atoms with Crippen molar-refractivity contribution in [3.05, 3.63) is 57.3 Å². The predicted molar refractivity (Wildman–Crippen MR) is 115 cm³/mol. The van der Waals surface area contributed by atoms with Crippen LogP contribution in [0.4, 0.5) is 0 Å². The van der Waals surface area contributed by atoms with Crippen LogP contribution in [0.25, 0.3) is 0 Å². The van der Waals surface area contributed by atoms with Gasteiger partial charge in [-0.05, 0) is 49.3 Å². The van der Waals surface area contributed by atoms with Crippen LogP contribution in [0.15, 0.2) is 35.7 Å². The number of carbonyl (C=O) groups excluding carboxylic acids is 2. The van der Waals surface area contributed by atoms with Crippen LogP contribution in [-0.4, -0.2) is 46.6 Å². The van der Waals surface area contributed by atoms with Gasteiger partial charge in [0.1, 0.15) is 5.38 Å². The number of alkyl halides is 1. The lowest BCUT2D eigenvalue weighted by molar-refractivity contribution is -0.141. The normalized spacial score (nSPS) is 17.1. The van der Waals surface area contributed by atoms with Crippen molar-refractivity contribution in [1.82, 2.24) is 9.80 Å². The summed E-state index contributed by atoms with van der Waals surface area (Å²) in [4.78, 5) is 30.6. The Balaban J connectivity index is 1.89. The maximum Gasteiger partial charge on any atom is 0.242 e. The quantitative estimate of drug-likeness (QED) is 0.652. The third-order valence-electron chi connectivity index (χ3n) is 5.15. The fraction of sp³-hybridized carbons (Fsp3) is 0.455. The molecule has 0 aliphatic carbocycles. The van der Waals surface area contributed by atoms with Gasteiger partial charge in [0, 0.05) is 18.0 Å². The van der Waals surface area contributed by atoms with Crippen LogP contribution in [0, 0.1) is 6.92 Å². The minimum atomic E-state index is -0.628. The molecule has 6 heteroatoms. The molecule has 1 aromatic heterocycles. The first-order chi connectivity index (χ1) is 13.4. The molecule has 0 bridgehead atoms. The second-order valence-corrected chi connectivity index (χ2v) is 8.98. The van der Waals surface area contributed by atoms with E-state index in [4.69, 9.17) is 11.6 Å². The SMILES string of the molecule is CCCN(CC(=O)N1CCc2sccc2[C@@H]1c1ccc(C)cc1)C(=O)[C@H](C)Cl. The van der Waals surface area contributed by atoms with Gasteiger partial charge in [-0.25, -0.2) is 0 Å². The topological polar surface area (TPSA) is 40.6 Å². The Kier molecular flexibility index (Phi) is 6.78. The van der Waals surface area contributed by atoms with Crippen molar-refractivity contribution in [2.24, 2.45) is 0 Å². The van der Waals surface area contributed by atoms with Gasteiger partial charge in [-0.3, -0.25) is 9.59 Å². The van der Waals surface area contributed by atoms with Gasteiger partial charge >= 0.3 is 0 Å². The van der Waals surface area contributed by atoms with Crippen molar-refractivity contribution in [2.45, 2.75) is 45.0 Å². The highest BCUT2D eigenvalue weighted by Gasteiger charge is 2.34. The molecule has 0 radical (unpaired) electrons.